The molecular formula is C12H9ClN4O. The van der Waals surface area contributed by atoms with E-state index in [2.05, 4.69) is 15.1 Å². The second-order valence-electron chi connectivity index (χ2n) is 4.01. The predicted molar refractivity (Wildman–Crippen MR) is 69.2 cm³/mol. The van der Waals surface area contributed by atoms with Crippen molar-refractivity contribution in [1.82, 2.24) is 19.7 Å². The molecule has 0 aliphatic carbocycles. The number of aryl methyl sites for hydroxylation is 1. The van der Waals surface area contributed by atoms with E-state index >= 15 is 0 Å². The van der Waals surface area contributed by atoms with E-state index in [1.807, 2.05) is 6.92 Å². The zero-order valence-corrected chi connectivity index (χ0v) is 10.3. The van der Waals surface area contributed by atoms with Crippen LogP contribution in [0.5, 0.6) is 0 Å². The average molecular weight is 261 g/mol. The topological polar surface area (TPSA) is 63.6 Å². The first-order valence-electron chi connectivity index (χ1n) is 5.35. The van der Waals surface area contributed by atoms with Gasteiger partial charge in [0.25, 0.3) is 5.56 Å². The van der Waals surface area contributed by atoms with Crippen molar-refractivity contribution in [3.63, 3.8) is 0 Å². The van der Waals surface area contributed by atoms with Gasteiger partial charge in [-0.15, -0.1) is 0 Å². The van der Waals surface area contributed by atoms with Crippen LogP contribution in [0.1, 0.15) is 5.56 Å². The van der Waals surface area contributed by atoms with Crippen LogP contribution in [0.4, 0.5) is 0 Å². The highest BCUT2D eigenvalue weighted by Crippen LogP contribution is 2.15. The molecule has 3 aromatic rings. The van der Waals surface area contributed by atoms with Gasteiger partial charge in [0.1, 0.15) is 0 Å². The van der Waals surface area contributed by atoms with E-state index in [9.17, 15) is 4.79 Å². The first-order valence-corrected chi connectivity index (χ1v) is 5.72. The Kier molecular flexibility index (Phi) is 2.41. The molecule has 3 rings (SSSR count). The van der Waals surface area contributed by atoms with E-state index in [1.165, 1.54) is 4.68 Å². The van der Waals surface area contributed by atoms with Crippen LogP contribution in [0.2, 0.25) is 5.02 Å². The number of H-pyrrole nitrogens is 1. The highest BCUT2D eigenvalue weighted by Gasteiger charge is 2.06. The van der Waals surface area contributed by atoms with Crippen LogP contribution in [0.15, 0.2) is 35.4 Å². The summed E-state index contributed by atoms with van der Waals surface area (Å²) >= 11 is 5.85. The van der Waals surface area contributed by atoms with Crippen molar-refractivity contribution in [2.75, 3.05) is 0 Å². The molecular weight excluding hydrogens is 252 g/mol. The van der Waals surface area contributed by atoms with Crippen molar-refractivity contribution >= 4 is 22.5 Å². The molecule has 5 nitrogen and oxygen atoms in total. The second-order valence-corrected chi connectivity index (χ2v) is 4.45. The number of aromatic amines is 1. The van der Waals surface area contributed by atoms with Crippen LogP contribution in [-0.4, -0.2) is 19.7 Å². The number of hydrogen-bond acceptors (Lipinski definition) is 3. The van der Waals surface area contributed by atoms with Crippen molar-refractivity contribution in [3.8, 4) is 5.95 Å². The molecule has 0 fully saturated rings. The Balaban J connectivity index is 2.28. The zero-order chi connectivity index (χ0) is 12.7. The third-order valence-electron chi connectivity index (χ3n) is 2.58. The summed E-state index contributed by atoms with van der Waals surface area (Å²) in [5.74, 6) is 0.392. The Morgan fingerprint density at radius 3 is 2.94 bits per heavy atom. The highest BCUT2D eigenvalue weighted by molar-refractivity contribution is 6.31. The van der Waals surface area contributed by atoms with Gasteiger partial charge in [0.15, 0.2) is 0 Å². The maximum absolute atomic E-state index is 11.9. The van der Waals surface area contributed by atoms with Gasteiger partial charge in [-0.2, -0.15) is 5.10 Å². The molecule has 18 heavy (non-hydrogen) atoms. The summed E-state index contributed by atoms with van der Waals surface area (Å²) < 4.78 is 1.53. The van der Waals surface area contributed by atoms with Gasteiger partial charge in [-0.1, -0.05) is 11.6 Å². The molecule has 0 aliphatic heterocycles. The first-order chi connectivity index (χ1) is 8.63. The van der Waals surface area contributed by atoms with E-state index in [0.717, 1.165) is 5.56 Å². The Labute approximate surface area is 107 Å². The lowest BCUT2D eigenvalue weighted by molar-refractivity contribution is 0.810. The van der Waals surface area contributed by atoms with Crippen LogP contribution in [0.3, 0.4) is 0 Å². The Morgan fingerprint density at radius 2 is 2.22 bits per heavy atom. The number of halogens is 1. The van der Waals surface area contributed by atoms with Gasteiger partial charge in [0.05, 0.1) is 17.1 Å². The Bertz CT molecular complexity index is 790. The maximum Gasteiger partial charge on any atom is 0.260 e. The van der Waals surface area contributed by atoms with Crippen LogP contribution >= 0.6 is 11.6 Å². The lowest BCUT2D eigenvalue weighted by atomic mass is 10.2. The van der Waals surface area contributed by atoms with Gasteiger partial charge >= 0.3 is 0 Å². The van der Waals surface area contributed by atoms with Crippen molar-refractivity contribution in [3.05, 3.63) is 51.5 Å². The number of aromatic nitrogens is 4. The minimum atomic E-state index is -0.231. The minimum Gasteiger partial charge on any atom is -0.290 e. The van der Waals surface area contributed by atoms with Crippen LogP contribution in [0.25, 0.3) is 16.9 Å². The van der Waals surface area contributed by atoms with Crippen LogP contribution < -0.4 is 5.56 Å². The summed E-state index contributed by atoms with van der Waals surface area (Å²) in [6.07, 6.45) is 3.49. The van der Waals surface area contributed by atoms with Gasteiger partial charge in [-0.25, -0.2) is 9.67 Å². The fraction of sp³-hybridized carbons (Fsp3) is 0.0833. The number of fused-ring (bicyclic) bond motifs is 1. The van der Waals surface area contributed by atoms with Crippen molar-refractivity contribution in [1.29, 1.82) is 0 Å². The number of benzene rings is 1. The normalized spacial score (nSPS) is 11.0. The summed E-state index contributed by atoms with van der Waals surface area (Å²) in [5.41, 5.74) is 1.35. The zero-order valence-electron chi connectivity index (χ0n) is 9.51. The fourth-order valence-electron chi connectivity index (χ4n) is 1.74. The van der Waals surface area contributed by atoms with E-state index in [-0.39, 0.29) is 5.56 Å². The number of rotatable bonds is 1. The number of nitrogens with zero attached hydrogens (tertiary/aromatic N) is 3. The van der Waals surface area contributed by atoms with E-state index in [4.69, 9.17) is 11.6 Å². The molecule has 6 heteroatoms. The number of nitrogens with one attached hydrogen (secondary N) is 1. The summed E-state index contributed by atoms with van der Waals surface area (Å²) in [4.78, 5) is 19.0. The van der Waals surface area contributed by atoms with Gasteiger partial charge in [0, 0.05) is 11.2 Å². The van der Waals surface area contributed by atoms with Crippen molar-refractivity contribution in [2.24, 2.45) is 0 Å². The van der Waals surface area contributed by atoms with Crippen molar-refractivity contribution < 1.29 is 0 Å². The summed E-state index contributed by atoms with van der Waals surface area (Å²) in [6, 6.07) is 5.02. The molecule has 0 unspecified atom stereocenters. The minimum absolute atomic E-state index is 0.231. The molecule has 0 saturated heterocycles. The average Bonchev–Trinajstić information content (AvgIpc) is 2.77. The largest absolute Gasteiger partial charge is 0.290 e. The molecule has 2 heterocycles. The third-order valence-corrected chi connectivity index (χ3v) is 2.82. The summed E-state index contributed by atoms with van der Waals surface area (Å²) in [7, 11) is 0. The molecule has 0 radical (unpaired) electrons. The van der Waals surface area contributed by atoms with Gasteiger partial charge in [-0.05, 0) is 30.7 Å². The summed E-state index contributed by atoms with van der Waals surface area (Å²) in [6.45, 7) is 1.92. The smallest absolute Gasteiger partial charge is 0.260 e. The third kappa shape index (κ3) is 1.78. The Morgan fingerprint density at radius 1 is 1.39 bits per heavy atom. The maximum atomic E-state index is 11.9. The van der Waals surface area contributed by atoms with E-state index < -0.39 is 0 Å². The van der Waals surface area contributed by atoms with Gasteiger partial charge < -0.3 is 0 Å². The van der Waals surface area contributed by atoms with E-state index in [0.29, 0.717) is 21.9 Å². The predicted octanol–water partition coefficient (Wildman–Crippen LogP) is 2.07. The SMILES string of the molecule is Cc1cnn(-c2nc3ccc(Cl)cc3c(=O)[nH]2)c1. The Hall–Kier alpha value is -2.14. The molecule has 0 saturated carbocycles. The fourth-order valence-corrected chi connectivity index (χ4v) is 1.91. The molecule has 1 N–H and O–H groups in total. The standard InChI is InChI=1S/C12H9ClN4O/c1-7-5-14-17(6-7)12-15-10-3-2-8(13)4-9(10)11(18)16-12/h2-6H,1H3,(H,15,16,18). The lowest BCUT2D eigenvalue weighted by Gasteiger charge is -2.02. The molecule has 0 atom stereocenters. The molecule has 2 aromatic heterocycles. The van der Waals surface area contributed by atoms with Gasteiger partial charge in [-0.3, -0.25) is 9.78 Å². The second kappa shape index (κ2) is 3.96. The van der Waals surface area contributed by atoms with Gasteiger partial charge in [0.2, 0.25) is 5.95 Å². The summed E-state index contributed by atoms with van der Waals surface area (Å²) in [5, 5.41) is 5.09. The molecule has 1 aromatic carbocycles. The quantitative estimate of drug-likeness (QED) is 0.728. The monoisotopic (exact) mass is 260 g/mol. The molecule has 0 bridgehead atoms. The highest BCUT2D eigenvalue weighted by atomic mass is 35.5. The van der Waals surface area contributed by atoms with E-state index in [1.54, 1.807) is 30.6 Å². The van der Waals surface area contributed by atoms with Crippen LogP contribution in [-0.2, 0) is 0 Å². The molecule has 0 spiro atoms. The number of hydrogen-bond donors (Lipinski definition) is 1. The first kappa shape index (κ1) is 11.0. The van der Waals surface area contributed by atoms with Crippen molar-refractivity contribution in [2.45, 2.75) is 6.92 Å². The van der Waals surface area contributed by atoms with Crippen LogP contribution in [0, 0.1) is 6.92 Å². The molecule has 90 valence electrons. The lowest BCUT2D eigenvalue weighted by Crippen LogP contribution is -2.13. The molecule has 0 amide bonds. The molecule has 0 aliphatic rings.